The van der Waals surface area contributed by atoms with Crippen LogP contribution in [0, 0.1) is 11.3 Å². The number of aromatic nitrogens is 1. The molecule has 2 N–H and O–H groups in total. The van der Waals surface area contributed by atoms with Crippen molar-refractivity contribution < 1.29 is 9.47 Å². The first-order valence-corrected chi connectivity index (χ1v) is 6.07. The molecule has 5 nitrogen and oxygen atoms in total. The van der Waals surface area contributed by atoms with Crippen LogP contribution in [0.15, 0.2) is 12.1 Å². The maximum atomic E-state index is 8.86. The third-order valence-electron chi connectivity index (χ3n) is 2.95. The Morgan fingerprint density at radius 3 is 2.67 bits per heavy atom. The standard InChI is InChI=1S/C13H17N3O2/c1-8-5-10(6-9(2)17-8)18-13-4-3-11(15)12(7-14)16-13/h3-4,8-10H,5-6,15H2,1-2H3. The van der Waals surface area contributed by atoms with E-state index in [1.165, 1.54) is 0 Å². The van der Waals surface area contributed by atoms with Gasteiger partial charge in [-0.3, -0.25) is 0 Å². The topological polar surface area (TPSA) is 81.2 Å². The van der Waals surface area contributed by atoms with Crippen LogP contribution in [0.1, 0.15) is 32.4 Å². The third kappa shape index (κ3) is 2.90. The van der Waals surface area contributed by atoms with E-state index in [1.54, 1.807) is 12.1 Å². The van der Waals surface area contributed by atoms with Crippen LogP contribution in [0.4, 0.5) is 5.69 Å². The van der Waals surface area contributed by atoms with Crippen LogP contribution in [0.3, 0.4) is 0 Å². The fraction of sp³-hybridized carbons (Fsp3) is 0.538. The highest BCUT2D eigenvalue weighted by molar-refractivity contribution is 5.50. The number of ether oxygens (including phenoxy) is 2. The second kappa shape index (κ2) is 5.23. The number of rotatable bonds is 2. The average molecular weight is 247 g/mol. The number of nitrogens with two attached hydrogens (primary N) is 1. The van der Waals surface area contributed by atoms with E-state index in [-0.39, 0.29) is 24.0 Å². The molecule has 18 heavy (non-hydrogen) atoms. The number of hydrogen-bond acceptors (Lipinski definition) is 5. The molecular formula is C13H17N3O2. The molecule has 0 aromatic carbocycles. The van der Waals surface area contributed by atoms with Crippen molar-refractivity contribution >= 4 is 5.69 Å². The lowest BCUT2D eigenvalue weighted by atomic mass is 10.0. The highest BCUT2D eigenvalue weighted by Crippen LogP contribution is 2.24. The largest absolute Gasteiger partial charge is 0.474 e. The lowest BCUT2D eigenvalue weighted by Crippen LogP contribution is -2.35. The Labute approximate surface area is 107 Å². The van der Waals surface area contributed by atoms with Gasteiger partial charge in [-0.15, -0.1) is 0 Å². The SMILES string of the molecule is CC1CC(Oc2ccc(N)c(C#N)n2)CC(C)O1. The van der Waals surface area contributed by atoms with Crippen molar-refractivity contribution in [1.29, 1.82) is 5.26 Å². The van der Waals surface area contributed by atoms with E-state index in [4.69, 9.17) is 20.5 Å². The number of nitriles is 1. The average Bonchev–Trinajstić information content (AvgIpc) is 2.30. The minimum Gasteiger partial charge on any atom is -0.474 e. The quantitative estimate of drug-likeness (QED) is 0.862. The van der Waals surface area contributed by atoms with E-state index < -0.39 is 0 Å². The summed E-state index contributed by atoms with van der Waals surface area (Å²) in [7, 11) is 0. The molecular weight excluding hydrogens is 230 g/mol. The zero-order chi connectivity index (χ0) is 13.1. The summed E-state index contributed by atoms with van der Waals surface area (Å²) >= 11 is 0. The van der Waals surface area contributed by atoms with Gasteiger partial charge in [-0.25, -0.2) is 4.98 Å². The first kappa shape index (κ1) is 12.7. The minimum absolute atomic E-state index is 0.0754. The van der Waals surface area contributed by atoms with Crippen LogP contribution in [-0.2, 0) is 4.74 Å². The summed E-state index contributed by atoms with van der Waals surface area (Å²) < 4.78 is 11.4. The van der Waals surface area contributed by atoms with Gasteiger partial charge in [0, 0.05) is 18.9 Å². The molecule has 2 atom stereocenters. The van der Waals surface area contributed by atoms with Gasteiger partial charge in [-0.2, -0.15) is 5.26 Å². The van der Waals surface area contributed by atoms with Crippen molar-refractivity contribution in [2.24, 2.45) is 0 Å². The highest BCUT2D eigenvalue weighted by atomic mass is 16.5. The summed E-state index contributed by atoms with van der Waals surface area (Å²) in [6, 6.07) is 5.29. The Balaban J connectivity index is 2.07. The minimum atomic E-state index is 0.0754. The molecule has 1 saturated heterocycles. The Kier molecular flexibility index (Phi) is 3.68. The van der Waals surface area contributed by atoms with Crippen molar-refractivity contribution in [3.63, 3.8) is 0 Å². The molecule has 0 amide bonds. The number of pyridine rings is 1. The molecule has 0 aliphatic carbocycles. The van der Waals surface area contributed by atoms with E-state index in [0.29, 0.717) is 11.6 Å². The molecule has 0 radical (unpaired) electrons. The molecule has 1 aromatic heterocycles. The van der Waals surface area contributed by atoms with Crippen LogP contribution in [0.5, 0.6) is 5.88 Å². The molecule has 0 saturated carbocycles. The summed E-state index contributed by atoms with van der Waals surface area (Å²) in [4.78, 5) is 4.09. The Hall–Kier alpha value is -1.80. The predicted octanol–water partition coefficient (Wildman–Crippen LogP) is 1.87. The van der Waals surface area contributed by atoms with Gasteiger partial charge in [0.25, 0.3) is 0 Å². The molecule has 0 bridgehead atoms. The van der Waals surface area contributed by atoms with E-state index in [9.17, 15) is 0 Å². The molecule has 1 aliphatic rings. The maximum absolute atomic E-state index is 8.86. The third-order valence-corrected chi connectivity index (χ3v) is 2.95. The van der Waals surface area contributed by atoms with Gasteiger partial charge in [0.1, 0.15) is 12.2 Å². The lowest BCUT2D eigenvalue weighted by Gasteiger charge is -2.31. The maximum Gasteiger partial charge on any atom is 0.214 e. The fourth-order valence-electron chi connectivity index (χ4n) is 2.22. The summed E-state index contributed by atoms with van der Waals surface area (Å²) in [5.41, 5.74) is 6.20. The van der Waals surface area contributed by atoms with Crippen LogP contribution in [-0.4, -0.2) is 23.3 Å². The van der Waals surface area contributed by atoms with Crippen molar-refractivity contribution in [3.8, 4) is 11.9 Å². The van der Waals surface area contributed by atoms with Gasteiger partial charge < -0.3 is 15.2 Å². The van der Waals surface area contributed by atoms with Crippen LogP contribution < -0.4 is 10.5 Å². The first-order valence-electron chi connectivity index (χ1n) is 6.07. The van der Waals surface area contributed by atoms with Gasteiger partial charge in [-0.05, 0) is 19.9 Å². The fourth-order valence-corrected chi connectivity index (χ4v) is 2.22. The molecule has 0 spiro atoms. The molecule has 1 fully saturated rings. The van der Waals surface area contributed by atoms with Crippen LogP contribution >= 0.6 is 0 Å². The van der Waals surface area contributed by atoms with E-state index in [0.717, 1.165) is 12.8 Å². The molecule has 96 valence electrons. The second-order valence-corrected chi connectivity index (χ2v) is 4.67. The first-order chi connectivity index (χ1) is 8.58. The molecule has 2 rings (SSSR count). The second-order valence-electron chi connectivity index (χ2n) is 4.67. The highest BCUT2D eigenvalue weighted by Gasteiger charge is 2.26. The van der Waals surface area contributed by atoms with Crippen molar-refractivity contribution in [3.05, 3.63) is 17.8 Å². The van der Waals surface area contributed by atoms with Crippen molar-refractivity contribution in [2.75, 3.05) is 5.73 Å². The molecule has 5 heteroatoms. The van der Waals surface area contributed by atoms with Gasteiger partial charge in [0.05, 0.1) is 17.9 Å². The smallest absolute Gasteiger partial charge is 0.214 e. The van der Waals surface area contributed by atoms with E-state index in [1.807, 2.05) is 19.9 Å². The lowest BCUT2D eigenvalue weighted by molar-refractivity contribution is -0.0729. The Bertz CT molecular complexity index is 460. The van der Waals surface area contributed by atoms with Crippen LogP contribution in [0.25, 0.3) is 0 Å². The van der Waals surface area contributed by atoms with E-state index >= 15 is 0 Å². The predicted molar refractivity (Wildman–Crippen MR) is 67.0 cm³/mol. The molecule has 2 unspecified atom stereocenters. The van der Waals surface area contributed by atoms with Crippen molar-refractivity contribution in [1.82, 2.24) is 4.98 Å². The normalized spacial score (nSPS) is 27.5. The molecule has 1 aliphatic heterocycles. The summed E-state index contributed by atoms with van der Waals surface area (Å²) in [5.74, 6) is 0.451. The van der Waals surface area contributed by atoms with Crippen molar-refractivity contribution in [2.45, 2.75) is 45.0 Å². The van der Waals surface area contributed by atoms with Gasteiger partial charge in [0.2, 0.25) is 5.88 Å². The summed E-state index contributed by atoms with van der Waals surface area (Å²) in [6.45, 7) is 4.06. The van der Waals surface area contributed by atoms with Gasteiger partial charge in [0.15, 0.2) is 5.69 Å². The number of anilines is 1. The van der Waals surface area contributed by atoms with Gasteiger partial charge in [-0.1, -0.05) is 0 Å². The Morgan fingerprint density at radius 2 is 2.06 bits per heavy atom. The summed E-state index contributed by atoms with van der Waals surface area (Å²) in [6.07, 6.45) is 2.11. The zero-order valence-electron chi connectivity index (χ0n) is 10.6. The van der Waals surface area contributed by atoms with E-state index in [2.05, 4.69) is 4.98 Å². The Morgan fingerprint density at radius 1 is 1.39 bits per heavy atom. The summed E-state index contributed by atoms with van der Waals surface area (Å²) in [5, 5.41) is 8.86. The zero-order valence-corrected chi connectivity index (χ0v) is 10.6. The van der Waals surface area contributed by atoms with Crippen LogP contribution in [0.2, 0.25) is 0 Å². The number of hydrogen-bond donors (Lipinski definition) is 1. The monoisotopic (exact) mass is 247 g/mol. The number of nitrogen functional groups attached to an aromatic ring is 1. The molecule has 1 aromatic rings. The molecule has 2 heterocycles. The van der Waals surface area contributed by atoms with Gasteiger partial charge >= 0.3 is 0 Å². The number of nitrogens with zero attached hydrogens (tertiary/aromatic N) is 2.